The molecule has 0 bridgehead atoms. The molecule has 3 heterocycles. The van der Waals surface area contributed by atoms with E-state index in [1.54, 1.807) is 4.40 Å². The van der Waals surface area contributed by atoms with Gasteiger partial charge in [0.25, 0.3) is 11.5 Å². The van der Waals surface area contributed by atoms with Gasteiger partial charge in [-0.15, -0.1) is 11.3 Å². The van der Waals surface area contributed by atoms with E-state index in [4.69, 9.17) is 0 Å². The molecule has 1 aliphatic carbocycles. The monoisotopic (exact) mass is 422 g/mol. The predicted octanol–water partition coefficient (Wildman–Crippen LogP) is 2.99. The molecule has 1 aliphatic heterocycles. The van der Waals surface area contributed by atoms with E-state index in [2.05, 4.69) is 10.3 Å². The fourth-order valence-electron chi connectivity index (χ4n) is 4.52. The average molecular weight is 423 g/mol. The minimum atomic E-state index is -1.08. The maximum absolute atomic E-state index is 13.3. The van der Waals surface area contributed by atoms with Crippen LogP contribution in [0.1, 0.15) is 48.0 Å². The van der Waals surface area contributed by atoms with Crippen LogP contribution in [0.25, 0.3) is 4.96 Å². The number of nitrogens with one attached hydrogen (secondary N) is 1. The molecule has 7 nitrogen and oxygen atoms in total. The summed E-state index contributed by atoms with van der Waals surface area (Å²) >= 11 is 1.54. The number of carbonyl (C=O) groups is 2. The van der Waals surface area contributed by atoms with Crippen LogP contribution in [0.3, 0.4) is 0 Å². The summed E-state index contributed by atoms with van der Waals surface area (Å²) in [5.74, 6) is -0.311. The molecule has 2 aromatic heterocycles. The van der Waals surface area contributed by atoms with Crippen molar-refractivity contribution in [2.24, 2.45) is 0 Å². The molecule has 0 radical (unpaired) electrons. The standard InChI is InChI=1S/C22H22N4O3S/c1-2-22(14-8-4-3-5-9-14)19(28)25(20(29)24-22)13-15-12-18(27)26-16-10-6-7-11-17(16)30-21(26)23-15/h3-5,8-9,12H,2,6-7,10-11,13H2,1H3,(H,24,29). The molecule has 30 heavy (non-hydrogen) atoms. The number of hydrogen-bond donors (Lipinski definition) is 1. The van der Waals surface area contributed by atoms with Crippen molar-refractivity contribution in [1.29, 1.82) is 0 Å². The third kappa shape index (κ3) is 2.78. The highest BCUT2D eigenvalue weighted by Crippen LogP contribution is 2.33. The number of aromatic nitrogens is 2. The zero-order valence-corrected chi connectivity index (χ0v) is 17.5. The topological polar surface area (TPSA) is 83.8 Å². The molecule has 5 rings (SSSR count). The zero-order valence-electron chi connectivity index (χ0n) is 16.7. The summed E-state index contributed by atoms with van der Waals surface area (Å²) in [5, 5.41) is 2.87. The van der Waals surface area contributed by atoms with E-state index in [1.165, 1.54) is 27.2 Å². The van der Waals surface area contributed by atoms with E-state index in [0.29, 0.717) is 17.1 Å². The molecule has 8 heteroatoms. The van der Waals surface area contributed by atoms with Crippen LogP contribution in [0.15, 0.2) is 41.2 Å². The van der Waals surface area contributed by atoms with Crippen LogP contribution in [0.5, 0.6) is 0 Å². The molecule has 2 aliphatic rings. The van der Waals surface area contributed by atoms with Gasteiger partial charge in [0.15, 0.2) is 4.96 Å². The van der Waals surface area contributed by atoms with E-state index in [-0.39, 0.29) is 18.0 Å². The summed E-state index contributed by atoms with van der Waals surface area (Å²) in [6.07, 6.45) is 4.50. The van der Waals surface area contributed by atoms with E-state index in [1.807, 2.05) is 37.3 Å². The second-order valence-electron chi connectivity index (χ2n) is 7.83. The van der Waals surface area contributed by atoms with Crippen LogP contribution in [-0.2, 0) is 29.7 Å². The van der Waals surface area contributed by atoms with Crippen molar-refractivity contribution in [1.82, 2.24) is 19.6 Å². The first kappa shape index (κ1) is 19.0. The SMILES string of the molecule is CCC1(c2ccccc2)NC(=O)N(Cc2cc(=O)n3c4c(sc3n2)CCCC4)C1=O. The molecule has 0 saturated carbocycles. The number of hydrogen-bond acceptors (Lipinski definition) is 5. The van der Waals surface area contributed by atoms with Crippen LogP contribution in [-0.4, -0.2) is 26.2 Å². The average Bonchev–Trinajstić information content (AvgIpc) is 3.25. The molecule has 1 atom stereocenters. The molecule has 1 unspecified atom stereocenters. The van der Waals surface area contributed by atoms with Crippen LogP contribution >= 0.6 is 11.3 Å². The largest absolute Gasteiger partial charge is 0.325 e. The first-order valence-corrected chi connectivity index (χ1v) is 11.1. The van der Waals surface area contributed by atoms with Crippen molar-refractivity contribution in [3.05, 3.63) is 68.6 Å². The Labute approximate surface area is 177 Å². The third-order valence-electron chi connectivity index (χ3n) is 6.11. The lowest BCUT2D eigenvalue weighted by molar-refractivity contribution is -0.132. The van der Waals surface area contributed by atoms with Crippen molar-refractivity contribution in [2.75, 3.05) is 0 Å². The Balaban J connectivity index is 1.50. The number of imide groups is 1. The van der Waals surface area contributed by atoms with Crippen molar-refractivity contribution >= 4 is 28.2 Å². The normalized spacial score (nSPS) is 21.2. The second-order valence-corrected chi connectivity index (χ2v) is 8.89. The number of thiazole rings is 1. The fraction of sp³-hybridized carbons (Fsp3) is 0.364. The third-order valence-corrected chi connectivity index (χ3v) is 7.25. The Hall–Kier alpha value is -3.00. The number of urea groups is 1. The molecule has 154 valence electrons. The molecule has 3 amide bonds. The summed E-state index contributed by atoms with van der Waals surface area (Å²) in [6, 6.07) is 10.3. The Morgan fingerprint density at radius 3 is 2.67 bits per heavy atom. The van der Waals surface area contributed by atoms with Crippen molar-refractivity contribution in [3.8, 4) is 0 Å². The zero-order chi connectivity index (χ0) is 20.9. The van der Waals surface area contributed by atoms with E-state index in [0.717, 1.165) is 36.9 Å². The van der Waals surface area contributed by atoms with E-state index < -0.39 is 11.6 Å². The van der Waals surface area contributed by atoms with Gasteiger partial charge in [0.05, 0.1) is 12.2 Å². The van der Waals surface area contributed by atoms with Gasteiger partial charge in [-0.25, -0.2) is 9.78 Å². The quantitative estimate of drug-likeness (QED) is 0.655. The van der Waals surface area contributed by atoms with Crippen molar-refractivity contribution in [3.63, 3.8) is 0 Å². The number of carbonyl (C=O) groups excluding carboxylic acids is 2. The number of fused-ring (bicyclic) bond motifs is 3. The lowest BCUT2D eigenvalue weighted by atomic mass is 9.87. The summed E-state index contributed by atoms with van der Waals surface area (Å²) in [7, 11) is 0. The van der Waals surface area contributed by atoms with Gasteiger partial charge in [0.1, 0.15) is 5.54 Å². The minimum absolute atomic E-state index is 0.0203. The maximum atomic E-state index is 13.3. The summed E-state index contributed by atoms with van der Waals surface area (Å²) in [6.45, 7) is 1.86. The van der Waals surface area contributed by atoms with Gasteiger partial charge in [-0.3, -0.25) is 18.9 Å². The molecule has 0 spiro atoms. The Bertz CT molecular complexity index is 1220. The van der Waals surface area contributed by atoms with Crippen molar-refractivity contribution in [2.45, 2.75) is 51.1 Å². The first-order chi connectivity index (χ1) is 14.5. The Morgan fingerprint density at radius 1 is 1.13 bits per heavy atom. The highest BCUT2D eigenvalue weighted by atomic mass is 32.1. The van der Waals surface area contributed by atoms with Crippen LogP contribution in [0.4, 0.5) is 4.79 Å². The van der Waals surface area contributed by atoms with Gasteiger partial charge < -0.3 is 5.32 Å². The number of aryl methyl sites for hydroxylation is 2. The highest BCUT2D eigenvalue weighted by molar-refractivity contribution is 7.17. The predicted molar refractivity (Wildman–Crippen MR) is 113 cm³/mol. The molecular weight excluding hydrogens is 400 g/mol. The lowest BCUT2D eigenvalue weighted by Crippen LogP contribution is -2.43. The Morgan fingerprint density at radius 2 is 1.90 bits per heavy atom. The Kier molecular flexibility index (Phi) is 4.47. The van der Waals surface area contributed by atoms with Crippen LogP contribution in [0.2, 0.25) is 0 Å². The lowest BCUT2D eigenvalue weighted by Gasteiger charge is -2.25. The highest BCUT2D eigenvalue weighted by Gasteiger charge is 2.51. The number of amides is 3. The molecule has 1 N–H and O–H groups in total. The molecule has 1 saturated heterocycles. The van der Waals surface area contributed by atoms with Gasteiger partial charge in [0.2, 0.25) is 0 Å². The van der Waals surface area contributed by atoms with Gasteiger partial charge >= 0.3 is 6.03 Å². The fourth-order valence-corrected chi connectivity index (χ4v) is 5.75. The summed E-state index contributed by atoms with van der Waals surface area (Å²) in [4.78, 5) is 46.5. The summed E-state index contributed by atoms with van der Waals surface area (Å²) < 4.78 is 1.69. The summed E-state index contributed by atoms with van der Waals surface area (Å²) in [5.41, 5.74) is 1.02. The van der Waals surface area contributed by atoms with Crippen molar-refractivity contribution < 1.29 is 9.59 Å². The van der Waals surface area contributed by atoms with Crippen LogP contribution in [0, 0.1) is 0 Å². The van der Waals surface area contributed by atoms with Gasteiger partial charge in [-0.1, -0.05) is 37.3 Å². The molecular formula is C22H22N4O3S. The molecule has 1 aromatic carbocycles. The molecule has 1 fully saturated rings. The van der Waals surface area contributed by atoms with E-state index >= 15 is 0 Å². The number of nitrogens with zero attached hydrogens (tertiary/aromatic N) is 3. The minimum Gasteiger partial charge on any atom is -0.319 e. The first-order valence-electron chi connectivity index (χ1n) is 10.3. The number of rotatable bonds is 4. The second kappa shape index (κ2) is 7.05. The van der Waals surface area contributed by atoms with Gasteiger partial charge in [0, 0.05) is 16.6 Å². The van der Waals surface area contributed by atoms with Gasteiger partial charge in [-0.2, -0.15) is 0 Å². The maximum Gasteiger partial charge on any atom is 0.325 e. The molecule has 3 aromatic rings. The van der Waals surface area contributed by atoms with Gasteiger partial charge in [-0.05, 0) is 37.7 Å². The smallest absolute Gasteiger partial charge is 0.319 e. The van der Waals surface area contributed by atoms with E-state index in [9.17, 15) is 14.4 Å². The van der Waals surface area contributed by atoms with Crippen LogP contribution < -0.4 is 10.9 Å². The number of benzene rings is 1.